The number of ether oxygens (including phenoxy) is 3. The van der Waals surface area contributed by atoms with Crippen molar-refractivity contribution in [1.82, 2.24) is 9.78 Å². The summed E-state index contributed by atoms with van der Waals surface area (Å²) in [5.41, 5.74) is 5.68. The third-order valence-electron chi connectivity index (χ3n) is 7.89. The molecule has 0 spiro atoms. The van der Waals surface area contributed by atoms with Crippen molar-refractivity contribution in [1.29, 1.82) is 0 Å². The molecule has 1 aromatic heterocycles. The molecule has 4 aromatic rings. The van der Waals surface area contributed by atoms with Crippen LogP contribution < -0.4 is 14.4 Å². The molecular weight excluding hydrogens is 558 g/mol. The summed E-state index contributed by atoms with van der Waals surface area (Å²) in [7, 11) is 1.56. The molecule has 1 aliphatic carbocycles. The SMILES string of the molecule is COc1ccc(C(=O)O)cc1Cn1cc(-c2cccc3c2[C@H]2C[C@H]2CN3C(=O)OCCOc2cccc(Cl)c2C)cn1. The van der Waals surface area contributed by atoms with Gasteiger partial charge in [-0.2, -0.15) is 5.10 Å². The van der Waals surface area contributed by atoms with Crippen LogP contribution in [-0.2, 0) is 11.3 Å². The van der Waals surface area contributed by atoms with Crippen LogP contribution in [0.1, 0.15) is 39.4 Å². The zero-order chi connectivity index (χ0) is 29.4. The molecule has 10 heteroatoms. The molecule has 3 aromatic carbocycles. The molecule has 42 heavy (non-hydrogen) atoms. The smallest absolute Gasteiger partial charge is 0.414 e. The number of anilines is 1. The first-order chi connectivity index (χ1) is 20.3. The molecule has 1 saturated carbocycles. The van der Waals surface area contributed by atoms with Gasteiger partial charge in [-0.25, -0.2) is 9.59 Å². The summed E-state index contributed by atoms with van der Waals surface area (Å²) in [5, 5.41) is 14.6. The topological polar surface area (TPSA) is 103 Å². The fourth-order valence-corrected chi connectivity index (χ4v) is 5.81. The third-order valence-corrected chi connectivity index (χ3v) is 8.30. The number of hydrogen-bond donors (Lipinski definition) is 1. The van der Waals surface area contributed by atoms with Crippen molar-refractivity contribution in [3.8, 4) is 22.6 Å². The van der Waals surface area contributed by atoms with E-state index in [1.807, 2.05) is 37.4 Å². The highest BCUT2D eigenvalue weighted by Crippen LogP contribution is 2.57. The average Bonchev–Trinajstić information content (AvgIpc) is 3.64. The lowest BCUT2D eigenvalue weighted by atomic mass is 9.93. The number of carboxylic acid groups (broad SMARTS) is 1. The minimum Gasteiger partial charge on any atom is -0.496 e. The number of carboxylic acids is 1. The monoisotopic (exact) mass is 587 g/mol. The van der Waals surface area contributed by atoms with E-state index < -0.39 is 12.1 Å². The van der Waals surface area contributed by atoms with E-state index in [2.05, 4.69) is 11.2 Å². The van der Waals surface area contributed by atoms with Gasteiger partial charge in [0.1, 0.15) is 24.7 Å². The number of carbonyl (C=O) groups excluding carboxylic acids is 1. The number of aromatic carboxylic acids is 1. The fourth-order valence-electron chi connectivity index (χ4n) is 5.64. The van der Waals surface area contributed by atoms with Gasteiger partial charge in [0.2, 0.25) is 0 Å². The van der Waals surface area contributed by atoms with Gasteiger partial charge in [0, 0.05) is 34.5 Å². The van der Waals surface area contributed by atoms with Crippen molar-refractivity contribution in [3.63, 3.8) is 0 Å². The highest BCUT2D eigenvalue weighted by atomic mass is 35.5. The number of hydrogen-bond acceptors (Lipinski definition) is 6. The van der Waals surface area contributed by atoms with Crippen molar-refractivity contribution < 1.29 is 28.9 Å². The van der Waals surface area contributed by atoms with Crippen molar-refractivity contribution in [2.45, 2.75) is 25.8 Å². The van der Waals surface area contributed by atoms with Crippen molar-refractivity contribution in [3.05, 3.63) is 94.3 Å². The molecule has 0 bridgehead atoms. The van der Waals surface area contributed by atoms with Gasteiger partial charge in [-0.05, 0) is 72.7 Å². The van der Waals surface area contributed by atoms with Crippen LogP contribution in [0, 0.1) is 12.8 Å². The molecule has 216 valence electrons. The average molecular weight is 588 g/mol. The molecule has 0 saturated heterocycles. The number of fused-ring (bicyclic) bond motifs is 3. The quantitative estimate of drug-likeness (QED) is 0.226. The first-order valence-electron chi connectivity index (χ1n) is 13.7. The molecule has 2 heterocycles. The summed E-state index contributed by atoms with van der Waals surface area (Å²) in [6, 6.07) is 16.2. The minimum atomic E-state index is -0.998. The van der Waals surface area contributed by atoms with E-state index >= 15 is 0 Å². The van der Waals surface area contributed by atoms with Gasteiger partial charge in [0.15, 0.2) is 0 Å². The number of amides is 1. The van der Waals surface area contributed by atoms with Gasteiger partial charge in [-0.15, -0.1) is 0 Å². The molecule has 1 fully saturated rings. The maximum atomic E-state index is 13.2. The van der Waals surface area contributed by atoms with E-state index in [0.717, 1.165) is 34.4 Å². The Hall–Kier alpha value is -4.50. The molecule has 0 unspecified atom stereocenters. The van der Waals surface area contributed by atoms with Crippen LogP contribution in [0.3, 0.4) is 0 Å². The molecule has 0 radical (unpaired) electrons. The lowest BCUT2D eigenvalue weighted by molar-refractivity contribution is 0.0696. The highest BCUT2D eigenvalue weighted by Gasteiger charge is 2.48. The standard InChI is InChI=1S/C32H30ClN3O6/c1-19-26(33)6-4-8-28(19)41-11-12-42-32(39)36-18-21-14-25(21)30-24(5-3-7-27(30)36)23-15-34-35(17-23)16-22-13-20(31(37)38)9-10-29(22)40-2/h3-10,13,15,17,21,25H,11-12,14,16,18H2,1-2H3,(H,37,38)/t21-,25-/m0/s1. The number of aromatic nitrogens is 2. The Labute approximate surface area is 248 Å². The number of nitrogens with zero attached hydrogens (tertiary/aromatic N) is 3. The van der Waals surface area contributed by atoms with Gasteiger partial charge in [-0.1, -0.05) is 29.8 Å². The van der Waals surface area contributed by atoms with E-state index in [9.17, 15) is 14.7 Å². The Balaban J connectivity index is 1.18. The summed E-state index contributed by atoms with van der Waals surface area (Å²) < 4.78 is 18.6. The number of carbonyl (C=O) groups is 2. The van der Waals surface area contributed by atoms with E-state index in [-0.39, 0.29) is 18.8 Å². The second-order valence-electron chi connectivity index (χ2n) is 10.5. The minimum absolute atomic E-state index is 0.115. The Morgan fingerprint density at radius 3 is 2.74 bits per heavy atom. The van der Waals surface area contributed by atoms with Gasteiger partial charge in [-0.3, -0.25) is 9.58 Å². The first kappa shape index (κ1) is 27.7. The van der Waals surface area contributed by atoms with E-state index in [1.165, 1.54) is 6.07 Å². The largest absolute Gasteiger partial charge is 0.496 e. The molecule has 9 nitrogen and oxygen atoms in total. The lowest BCUT2D eigenvalue weighted by Crippen LogP contribution is -2.37. The summed E-state index contributed by atoms with van der Waals surface area (Å²) in [4.78, 5) is 26.4. The summed E-state index contributed by atoms with van der Waals surface area (Å²) in [6.45, 7) is 3.19. The summed E-state index contributed by atoms with van der Waals surface area (Å²) >= 11 is 6.17. The summed E-state index contributed by atoms with van der Waals surface area (Å²) in [5.74, 6) is 1.03. The Bertz CT molecular complexity index is 1670. The molecule has 6 rings (SSSR count). The lowest BCUT2D eigenvalue weighted by Gasteiger charge is -2.29. The number of benzene rings is 3. The van der Waals surface area contributed by atoms with Crippen LogP contribution >= 0.6 is 11.6 Å². The summed E-state index contributed by atoms with van der Waals surface area (Å²) in [6.07, 6.45) is 4.35. The van der Waals surface area contributed by atoms with Crippen LogP contribution in [-0.4, -0.2) is 53.8 Å². The highest BCUT2D eigenvalue weighted by molar-refractivity contribution is 6.31. The van der Waals surface area contributed by atoms with Crippen molar-refractivity contribution in [2.24, 2.45) is 5.92 Å². The maximum Gasteiger partial charge on any atom is 0.414 e. The van der Waals surface area contributed by atoms with Gasteiger partial charge >= 0.3 is 12.1 Å². The molecule has 1 amide bonds. The van der Waals surface area contributed by atoms with Gasteiger partial charge in [0.05, 0.1) is 31.1 Å². The zero-order valence-corrected chi connectivity index (χ0v) is 24.0. The van der Waals surface area contributed by atoms with E-state index in [1.54, 1.807) is 41.1 Å². The first-order valence-corrected chi connectivity index (χ1v) is 14.1. The number of halogens is 1. The number of methoxy groups -OCH3 is 1. The Kier molecular flexibility index (Phi) is 7.51. The second-order valence-corrected chi connectivity index (χ2v) is 10.9. The van der Waals surface area contributed by atoms with Crippen LogP contribution in [0.4, 0.5) is 10.5 Å². The molecule has 1 aliphatic heterocycles. The molecule has 1 N–H and O–H groups in total. The molecular formula is C32H30ClN3O6. The van der Waals surface area contributed by atoms with Crippen LogP contribution in [0.15, 0.2) is 67.0 Å². The van der Waals surface area contributed by atoms with E-state index in [4.69, 9.17) is 25.8 Å². The second kappa shape index (κ2) is 11.4. The predicted molar refractivity (Wildman–Crippen MR) is 158 cm³/mol. The maximum absolute atomic E-state index is 13.2. The van der Waals surface area contributed by atoms with Crippen LogP contribution in [0.2, 0.25) is 5.02 Å². The predicted octanol–water partition coefficient (Wildman–Crippen LogP) is 6.41. The van der Waals surface area contributed by atoms with E-state index in [0.29, 0.717) is 47.0 Å². The molecule has 2 atom stereocenters. The molecule has 2 aliphatic rings. The van der Waals surface area contributed by atoms with Crippen LogP contribution in [0.5, 0.6) is 11.5 Å². The van der Waals surface area contributed by atoms with Crippen molar-refractivity contribution in [2.75, 3.05) is 31.8 Å². The third kappa shape index (κ3) is 5.39. The Morgan fingerprint density at radius 2 is 1.93 bits per heavy atom. The van der Waals surface area contributed by atoms with Gasteiger partial charge < -0.3 is 19.3 Å². The number of rotatable bonds is 9. The zero-order valence-electron chi connectivity index (χ0n) is 23.2. The van der Waals surface area contributed by atoms with Crippen molar-refractivity contribution >= 4 is 29.4 Å². The van der Waals surface area contributed by atoms with Crippen LogP contribution in [0.25, 0.3) is 11.1 Å². The Morgan fingerprint density at radius 1 is 1.10 bits per heavy atom. The fraction of sp³-hybridized carbons (Fsp3) is 0.281. The van der Waals surface area contributed by atoms with Gasteiger partial charge in [0.25, 0.3) is 0 Å². The normalized spacial score (nSPS) is 16.8.